The molecule has 21 heavy (non-hydrogen) atoms. The summed E-state index contributed by atoms with van der Waals surface area (Å²) in [5.41, 5.74) is 2.53. The second-order valence-corrected chi connectivity index (χ2v) is 5.55. The lowest BCUT2D eigenvalue weighted by Gasteiger charge is -2.10. The van der Waals surface area contributed by atoms with E-state index < -0.39 is 0 Å². The topological polar surface area (TPSA) is 38.3 Å². The molecule has 0 atom stereocenters. The van der Waals surface area contributed by atoms with E-state index in [1.54, 1.807) is 30.3 Å². The van der Waals surface area contributed by atoms with Crippen molar-refractivity contribution in [2.24, 2.45) is 0 Å². The van der Waals surface area contributed by atoms with Crippen LogP contribution in [0.1, 0.15) is 11.1 Å². The molecule has 0 aliphatic carbocycles. The number of rotatable bonds is 4. The minimum absolute atomic E-state index is 0.0764. The molecule has 0 aromatic heterocycles. The van der Waals surface area contributed by atoms with Crippen LogP contribution in [-0.2, 0) is 4.79 Å². The molecule has 0 aliphatic heterocycles. The molecule has 3 nitrogen and oxygen atoms in total. The summed E-state index contributed by atoms with van der Waals surface area (Å²) >= 11 is 11.8. The van der Waals surface area contributed by atoms with Crippen LogP contribution in [0.25, 0.3) is 0 Å². The van der Waals surface area contributed by atoms with Gasteiger partial charge in [0.2, 0.25) is 0 Å². The van der Waals surface area contributed by atoms with Crippen molar-refractivity contribution in [1.82, 2.24) is 0 Å². The van der Waals surface area contributed by atoms with Crippen LogP contribution >= 0.6 is 23.2 Å². The zero-order chi connectivity index (χ0) is 15.4. The monoisotopic (exact) mass is 323 g/mol. The van der Waals surface area contributed by atoms with Crippen LogP contribution in [0.5, 0.6) is 5.75 Å². The number of hydrogen-bond acceptors (Lipinski definition) is 2. The maximum Gasteiger partial charge on any atom is 0.262 e. The van der Waals surface area contributed by atoms with E-state index >= 15 is 0 Å². The van der Waals surface area contributed by atoms with E-state index in [4.69, 9.17) is 27.9 Å². The average Bonchev–Trinajstić information content (AvgIpc) is 2.44. The molecule has 110 valence electrons. The molecule has 0 bridgehead atoms. The third-order valence-corrected chi connectivity index (χ3v) is 3.63. The summed E-state index contributed by atoms with van der Waals surface area (Å²) in [7, 11) is 0. The van der Waals surface area contributed by atoms with Crippen molar-refractivity contribution in [1.29, 1.82) is 0 Å². The molecule has 2 aromatic carbocycles. The van der Waals surface area contributed by atoms with Gasteiger partial charge >= 0.3 is 0 Å². The molecule has 0 spiro atoms. The van der Waals surface area contributed by atoms with Crippen molar-refractivity contribution in [3.8, 4) is 5.75 Å². The Morgan fingerprint density at radius 2 is 1.86 bits per heavy atom. The van der Waals surface area contributed by atoms with E-state index in [1.165, 1.54) is 0 Å². The summed E-state index contributed by atoms with van der Waals surface area (Å²) < 4.78 is 5.44. The second-order valence-electron chi connectivity index (χ2n) is 4.71. The van der Waals surface area contributed by atoms with Gasteiger partial charge in [0.05, 0.1) is 0 Å². The van der Waals surface area contributed by atoms with Crippen LogP contribution < -0.4 is 10.1 Å². The summed E-state index contributed by atoms with van der Waals surface area (Å²) in [6.07, 6.45) is 0. The Morgan fingerprint density at radius 1 is 1.10 bits per heavy atom. The van der Waals surface area contributed by atoms with E-state index in [1.807, 2.05) is 19.9 Å². The van der Waals surface area contributed by atoms with Crippen molar-refractivity contribution < 1.29 is 9.53 Å². The highest BCUT2D eigenvalue weighted by Gasteiger charge is 2.07. The summed E-state index contributed by atoms with van der Waals surface area (Å²) in [6.45, 7) is 3.70. The number of ether oxygens (including phenoxy) is 1. The van der Waals surface area contributed by atoms with Crippen LogP contribution in [0.2, 0.25) is 10.0 Å². The molecule has 0 aliphatic rings. The van der Waals surface area contributed by atoms with Gasteiger partial charge in [-0.05, 0) is 55.3 Å². The lowest BCUT2D eigenvalue weighted by atomic mass is 10.2. The lowest BCUT2D eigenvalue weighted by Crippen LogP contribution is -2.20. The van der Waals surface area contributed by atoms with Crippen LogP contribution in [0.3, 0.4) is 0 Å². The van der Waals surface area contributed by atoms with E-state index in [-0.39, 0.29) is 12.5 Å². The zero-order valence-electron chi connectivity index (χ0n) is 11.7. The van der Waals surface area contributed by atoms with Gasteiger partial charge in [0, 0.05) is 15.7 Å². The molecule has 1 amide bonds. The third-order valence-electron chi connectivity index (χ3n) is 2.97. The quantitative estimate of drug-likeness (QED) is 0.890. The van der Waals surface area contributed by atoms with E-state index in [2.05, 4.69) is 5.32 Å². The van der Waals surface area contributed by atoms with E-state index in [0.29, 0.717) is 21.5 Å². The van der Waals surface area contributed by atoms with Crippen molar-refractivity contribution in [2.45, 2.75) is 13.8 Å². The predicted molar refractivity (Wildman–Crippen MR) is 86.5 cm³/mol. The Balaban J connectivity index is 1.95. The number of halogens is 2. The highest BCUT2D eigenvalue weighted by molar-refractivity contribution is 6.31. The second kappa shape index (κ2) is 6.83. The van der Waals surface area contributed by atoms with Crippen molar-refractivity contribution in [2.75, 3.05) is 11.9 Å². The van der Waals surface area contributed by atoms with Crippen LogP contribution in [0, 0.1) is 13.8 Å². The van der Waals surface area contributed by atoms with Gasteiger partial charge in [0.25, 0.3) is 5.91 Å². The van der Waals surface area contributed by atoms with Crippen molar-refractivity contribution in [3.05, 3.63) is 57.6 Å². The Hall–Kier alpha value is -1.71. The molecule has 0 saturated carbocycles. The highest BCUT2D eigenvalue weighted by Crippen LogP contribution is 2.22. The van der Waals surface area contributed by atoms with Crippen LogP contribution in [-0.4, -0.2) is 12.5 Å². The summed E-state index contributed by atoms with van der Waals surface area (Å²) in [6, 6.07) is 10.6. The molecule has 1 N–H and O–H groups in total. The van der Waals surface area contributed by atoms with Gasteiger partial charge in [-0.2, -0.15) is 0 Å². The Kier molecular flexibility index (Phi) is 5.10. The minimum atomic E-state index is -0.243. The standard InChI is InChI=1S/C16H15Cl2NO2/c1-10-3-4-12(17)8-15(10)19-16(20)9-21-13-5-6-14(18)11(2)7-13/h3-8H,9H2,1-2H3,(H,19,20). The number of carbonyl (C=O) groups is 1. The van der Waals surface area contributed by atoms with E-state index in [0.717, 1.165) is 11.1 Å². The zero-order valence-corrected chi connectivity index (χ0v) is 13.3. The van der Waals surface area contributed by atoms with Gasteiger partial charge in [0.1, 0.15) is 5.75 Å². The predicted octanol–water partition coefficient (Wildman–Crippen LogP) is 4.63. The summed E-state index contributed by atoms with van der Waals surface area (Å²) in [4.78, 5) is 11.9. The minimum Gasteiger partial charge on any atom is -0.484 e. The first kappa shape index (κ1) is 15.7. The fourth-order valence-corrected chi connectivity index (χ4v) is 2.06. The first-order chi connectivity index (χ1) is 9.95. The SMILES string of the molecule is Cc1cc(OCC(=O)Nc2cc(Cl)ccc2C)ccc1Cl. The molecule has 0 fully saturated rings. The molecule has 2 aromatic rings. The van der Waals surface area contributed by atoms with Gasteiger partial charge < -0.3 is 10.1 Å². The molecule has 5 heteroatoms. The Bertz CT molecular complexity index is 671. The fraction of sp³-hybridized carbons (Fsp3) is 0.188. The summed E-state index contributed by atoms with van der Waals surface area (Å²) in [5.74, 6) is 0.364. The summed E-state index contributed by atoms with van der Waals surface area (Å²) in [5, 5.41) is 4.01. The average molecular weight is 324 g/mol. The molecule has 2 rings (SSSR count). The number of carbonyl (C=O) groups excluding carboxylic acids is 1. The highest BCUT2D eigenvalue weighted by atomic mass is 35.5. The molecule has 0 heterocycles. The van der Waals surface area contributed by atoms with Crippen molar-refractivity contribution >= 4 is 34.8 Å². The van der Waals surface area contributed by atoms with Gasteiger partial charge in [-0.25, -0.2) is 0 Å². The number of hydrogen-bond donors (Lipinski definition) is 1. The van der Waals surface area contributed by atoms with Gasteiger partial charge in [-0.3, -0.25) is 4.79 Å². The molecule has 0 radical (unpaired) electrons. The van der Waals surface area contributed by atoms with Crippen LogP contribution in [0.15, 0.2) is 36.4 Å². The van der Waals surface area contributed by atoms with Crippen LogP contribution in [0.4, 0.5) is 5.69 Å². The first-order valence-corrected chi connectivity index (χ1v) is 7.16. The maximum absolute atomic E-state index is 11.9. The largest absolute Gasteiger partial charge is 0.484 e. The van der Waals surface area contributed by atoms with Gasteiger partial charge in [-0.1, -0.05) is 29.3 Å². The number of anilines is 1. The number of nitrogens with one attached hydrogen (secondary N) is 1. The van der Waals surface area contributed by atoms with Crippen molar-refractivity contribution in [3.63, 3.8) is 0 Å². The number of amides is 1. The molecular weight excluding hydrogens is 309 g/mol. The number of aryl methyl sites for hydroxylation is 2. The van der Waals surface area contributed by atoms with Gasteiger partial charge in [-0.15, -0.1) is 0 Å². The Morgan fingerprint density at radius 3 is 2.57 bits per heavy atom. The maximum atomic E-state index is 11.9. The third kappa shape index (κ3) is 4.38. The molecule has 0 saturated heterocycles. The first-order valence-electron chi connectivity index (χ1n) is 6.40. The molecular formula is C16H15Cl2NO2. The normalized spacial score (nSPS) is 10.3. The smallest absolute Gasteiger partial charge is 0.262 e. The van der Waals surface area contributed by atoms with E-state index in [9.17, 15) is 4.79 Å². The fourth-order valence-electron chi connectivity index (χ4n) is 1.77. The number of benzene rings is 2. The van der Waals surface area contributed by atoms with Gasteiger partial charge in [0.15, 0.2) is 6.61 Å². The lowest BCUT2D eigenvalue weighted by molar-refractivity contribution is -0.118. The molecule has 0 unspecified atom stereocenters. The Labute approximate surface area is 133 Å².